The van der Waals surface area contributed by atoms with Crippen LogP contribution in [0.4, 0.5) is 5.69 Å². The molecule has 0 spiro atoms. The molecule has 1 N–H and O–H groups in total. The van der Waals surface area contributed by atoms with Crippen molar-refractivity contribution in [1.82, 2.24) is 10.2 Å². The van der Waals surface area contributed by atoms with Crippen molar-refractivity contribution in [1.29, 1.82) is 0 Å². The fourth-order valence-electron chi connectivity index (χ4n) is 4.01. The Labute approximate surface area is 202 Å². The number of rotatable bonds is 6. The summed E-state index contributed by atoms with van der Waals surface area (Å²) in [5.74, 6) is 0.342. The van der Waals surface area contributed by atoms with Crippen molar-refractivity contribution < 1.29 is 9.59 Å². The summed E-state index contributed by atoms with van der Waals surface area (Å²) in [6.45, 7) is 2.38. The molecule has 0 fully saturated rings. The molecule has 34 heavy (non-hydrogen) atoms. The average Bonchev–Trinajstić information content (AvgIpc) is 3.23. The van der Waals surface area contributed by atoms with E-state index in [1.807, 2.05) is 91.9 Å². The first-order valence-electron chi connectivity index (χ1n) is 11.2. The summed E-state index contributed by atoms with van der Waals surface area (Å²) in [7, 11) is 0. The van der Waals surface area contributed by atoms with Crippen LogP contribution in [0.5, 0.6) is 0 Å². The van der Waals surface area contributed by atoms with Gasteiger partial charge in [0.15, 0.2) is 11.2 Å². The predicted molar refractivity (Wildman–Crippen MR) is 136 cm³/mol. The van der Waals surface area contributed by atoms with Crippen molar-refractivity contribution in [3.05, 3.63) is 102 Å². The van der Waals surface area contributed by atoms with E-state index in [9.17, 15) is 9.59 Å². The van der Waals surface area contributed by atoms with E-state index in [2.05, 4.69) is 5.32 Å². The average molecular weight is 469 g/mol. The van der Waals surface area contributed by atoms with Crippen molar-refractivity contribution in [3.8, 4) is 0 Å². The summed E-state index contributed by atoms with van der Waals surface area (Å²) >= 11 is 1.28. The Morgan fingerprint density at radius 2 is 1.68 bits per heavy atom. The Hall–Kier alpha value is -3.71. The maximum Gasteiger partial charge on any atom is 0.263 e. The highest BCUT2D eigenvalue weighted by atomic mass is 32.2. The first-order valence-corrected chi connectivity index (χ1v) is 12.1. The molecule has 0 saturated carbocycles. The Kier molecular flexibility index (Phi) is 6.27. The lowest BCUT2D eigenvalue weighted by atomic mass is 10.1. The maximum atomic E-state index is 13.5. The number of amides is 2. The standard InChI is InChI=1S/C27H24N4O2S/c1-18(25(32)28-17-16-19-10-4-2-5-11-19)34-27-29-22-15-9-8-14-21(22)24-30-23(26(33)31(24)27)20-12-6-3-7-13-20/h2-15,18,23H,16-17H2,1H3,(H,28,32)/t18-,23+/m1/s1. The second-order valence-electron chi connectivity index (χ2n) is 8.14. The summed E-state index contributed by atoms with van der Waals surface area (Å²) in [4.78, 5) is 37.3. The van der Waals surface area contributed by atoms with E-state index in [-0.39, 0.29) is 11.8 Å². The van der Waals surface area contributed by atoms with E-state index in [0.717, 1.165) is 23.2 Å². The van der Waals surface area contributed by atoms with Gasteiger partial charge in [0.05, 0.1) is 10.9 Å². The van der Waals surface area contributed by atoms with Crippen LogP contribution in [0, 0.1) is 0 Å². The van der Waals surface area contributed by atoms with E-state index in [4.69, 9.17) is 9.98 Å². The normalized spacial score (nSPS) is 17.4. The molecule has 0 saturated heterocycles. The molecule has 0 bridgehead atoms. The fraction of sp³-hybridized carbons (Fsp3) is 0.185. The van der Waals surface area contributed by atoms with Gasteiger partial charge < -0.3 is 5.32 Å². The number of thioether (sulfide) groups is 1. The molecule has 170 valence electrons. The zero-order chi connectivity index (χ0) is 23.5. The van der Waals surface area contributed by atoms with Crippen LogP contribution < -0.4 is 5.32 Å². The topological polar surface area (TPSA) is 74.1 Å². The van der Waals surface area contributed by atoms with Gasteiger partial charge in [0.25, 0.3) is 5.91 Å². The molecule has 5 rings (SSSR count). The highest BCUT2D eigenvalue weighted by Crippen LogP contribution is 2.38. The third-order valence-corrected chi connectivity index (χ3v) is 6.84. The molecule has 2 heterocycles. The lowest BCUT2D eigenvalue weighted by molar-refractivity contribution is -0.124. The first kappa shape index (κ1) is 22.1. The number of nitrogens with one attached hydrogen (secondary N) is 1. The molecule has 2 aliphatic rings. The Morgan fingerprint density at radius 3 is 2.44 bits per heavy atom. The van der Waals surface area contributed by atoms with Crippen LogP contribution in [0.3, 0.4) is 0 Å². The van der Waals surface area contributed by atoms with Crippen molar-refractivity contribution in [2.24, 2.45) is 9.98 Å². The van der Waals surface area contributed by atoms with E-state index in [1.165, 1.54) is 17.3 Å². The second kappa shape index (κ2) is 9.65. The largest absolute Gasteiger partial charge is 0.355 e. The van der Waals surface area contributed by atoms with Gasteiger partial charge in [-0.05, 0) is 36.6 Å². The van der Waals surface area contributed by atoms with Gasteiger partial charge in [0, 0.05) is 12.1 Å². The molecule has 0 radical (unpaired) electrons. The minimum Gasteiger partial charge on any atom is -0.355 e. The number of carbonyl (C=O) groups excluding carboxylic acids is 2. The van der Waals surface area contributed by atoms with Gasteiger partial charge in [-0.1, -0.05) is 84.6 Å². The molecule has 2 aliphatic heterocycles. The molecule has 6 nitrogen and oxygen atoms in total. The quantitative estimate of drug-likeness (QED) is 0.579. The number of amidine groups is 2. The molecule has 3 aromatic rings. The van der Waals surface area contributed by atoms with Gasteiger partial charge in [-0.15, -0.1) is 0 Å². The number of hydrogen-bond donors (Lipinski definition) is 1. The smallest absolute Gasteiger partial charge is 0.263 e. The summed E-state index contributed by atoms with van der Waals surface area (Å²) < 4.78 is 0. The number of carbonyl (C=O) groups is 2. The molecule has 2 atom stereocenters. The predicted octanol–water partition coefficient (Wildman–Crippen LogP) is 4.50. The minimum absolute atomic E-state index is 0.0905. The van der Waals surface area contributed by atoms with Crippen LogP contribution >= 0.6 is 11.8 Å². The molecule has 3 aromatic carbocycles. The molecule has 2 amide bonds. The van der Waals surface area contributed by atoms with E-state index >= 15 is 0 Å². The van der Waals surface area contributed by atoms with E-state index < -0.39 is 11.3 Å². The third kappa shape index (κ3) is 4.39. The van der Waals surface area contributed by atoms with E-state index in [1.54, 1.807) is 4.90 Å². The lowest BCUT2D eigenvalue weighted by Crippen LogP contribution is -2.42. The van der Waals surface area contributed by atoms with E-state index in [0.29, 0.717) is 17.5 Å². The Morgan fingerprint density at radius 1 is 1.00 bits per heavy atom. The molecular formula is C27H24N4O2S. The van der Waals surface area contributed by atoms with Crippen LogP contribution in [0.25, 0.3) is 0 Å². The molecule has 0 aromatic heterocycles. The van der Waals surface area contributed by atoms with Gasteiger partial charge in [-0.25, -0.2) is 14.9 Å². The van der Waals surface area contributed by atoms with Gasteiger partial charge in [0.2, 0.25) is 5.91 Å². The van der Waals surface area contributed by atoms with Crippen molar-refractivity contribution in [2.75, 3.05) is 6.54 Å². The Balaban J connectivity index is 1.34. The van der Waals surface area contributed by atoms with Gasteiger partial charge >= 0.3 is 0 Å². The van der Waals surface area contributed by atoms with Gasteiger partial charge in [-0.3, -0.25) is 9.59 Å². The number of aliphatic imine (C=N–C) groups is 2. The monoisotopic (exact) mass is 468 g/mol. The number of hydrogen-bond acceptors (Lipinski definition) is 5. The zero-order valence-electron chi connectivity index (χ0n) is 18.7. The molecule has 0 unspecified atom stereocenters. The second-order valence-corrected chi connectivity index (χ2v) is 9.45. The molecule has 0 aliphatic carbocycles. The van der Waals surface area contributed by atoms with Crippen LogP contribution in [-0.2, 0) is 16.0 Å². The fourth-order valence-corrected chi connectivity index (χ4v) is 4.95. The number of benzene rings is 3. The number of fused-ring (bicyclic) bond motifs is 3. The molecular weight excluding hydrogens is 444 g/mol. The van der Waals surface area contributed by atoms with Crippen LogP contribution in [0.1, 0.15) is 29.7 Å². The Bertz CT molecular complexity index is 1270. The van der Waals surface area contributed by atoms with Gasteiger partial charge in [-0.2, -0.15) is 0 Å². The number of nitrogens with zero attached hydrogens (tertiary/aromatic N) is 3. The summed E-state index contributed by atoms with van der Waals surface area (Å²) in [5, 5.41) is 3.05. The maximum absolute atomic E-state index is 13.5. The highest BCUT2D eigenvalue weighted by Gasteiger charge is 2.42. The highest BCUT2D eigenvalue weighted by molar-refractivity contribution is 8.15. The van der Waals surface area contributed by atoms with Gasteiger partial charge in [0.1, 0.15) is 5.84 Å². The van der Waals surface area contributed by atoms with Crippen molar-refractivity contribution in [3.63, 3.8) is 0 Å². The van der Waals surface area contributed by atoms with Crippen LogP contribution in [0.2, 0.25) is 0 Å². The zero-order valence-corrected chi connectivity index (χ0v) is 19.5. The number of para-hydroxylation sites is 1. The lowest BCUT2D eigenvalue weighted by Gasteiger charge is -2.26. The summed E-state index contributed by atoms with van der Waals surface area (Å²) in [5.41, 5.74) is 3.58. The third-order valence-electron chi connectivity index (χ3n) is 5.79. The van der Waals surface area contributed by atoms with Crippen LogP contribution in [0.15, 0.2) is 94.9 Å². The SMILES string of the molecule is C[C@@H](SC1=Nc2ccccc2C2=N[C@@H](c3ccccc3)C(=O)N12)C(=O)NCCc1ccccc1. The molecule has 7 heteroatoms. The van der Waals surface area contributed by atoms with Crippen molar-refractivity contribution in [2.45, 2.75) is 24.6 Å². The van der Waals surface area contributed by atoms with Crippen LogP contribution in [-0.4, -0.2) is 39.5 Å². The van der Waals surface area contributed by atoms with Crippen molar-refractivity contribution >= 4 is 40.3 Å². The minimum atomic E-state index is -0.622. The summed E-state index contributed by atoms with van der Waals surface area (Å²) in [6.07, 6.45) is 0.762. The first-order chi connectivity index (χ1) is 16.6. The summed E-state index contributed by atoms with van der Waals surface area (Å²) in [6, 6.07) is 26.6.